The summed E-state index contributed by atoms with van der Waals surface area (Å²) in [6.07, 6.45) is 57.9. The molecular weight excluding hydrogens is 928 g/mol. The van der Waals surface area contributed by atoms with Crippen molar-refractivity contribution in [2.24, 2.45) is 0 Å². The molecule has 0 rings (SSSR count). The number of hydrogen-bond acceptors (Lipinski definition) is 10. The lowest BCUT2D eigenvalue weighted by Crippen LogP contribution is -2.30. The van der Waals surface area contributed by atoms with Crippen molar-refractivity contribution in [3.63, 3.8) is 0 Å². The van der Waals surface area contributed by atoms with E-state index in [1.54, 1.807) is 0 Å². The lowest BCUT2D eigenvalue weighted by Gasteiger charge is -2.21. The molecule has 72 heavy (non-hydrogen) atoms. The lowest BCUT2D eigenvalue weighted by molar-refractivity contribution is -0.161. The minimum absolute atomic E-state index is 0.163. The quantitative estimate of drug-likeness (QED) is 0.0197. The van der Waals surface area contributed by atoms with E-state index in [2.05, 4.69) is 69.4 Å². The van der Waals surface area contributed by atoms with Crippen LogP contribution in [0.15, 0.2) is 48.6 Å². The SMILES string of the molecule is CC/C=C\C/C=C\C/C=C\C/C=C\CCCCC(=O)OCC(COP(=O)(O)OCC(CO)OC(=O)CCCCCCCCCCCCC)OC(=O)CCCCCCCCCCCCCCCCCCCCC. The van der Waals surface area contributed by atoms with E-state index >= 15 is 0 Å². The van der Waals surface area contributed by atoms with Crippen molar-refractivity contribution in [1.29, 1.82) is 0 Å². The number of carbonyl (C=O) groups is 3. The molecule has 0 aromatic carbocycles. The van der Waals surface area contributed by atoms with Crippen LogP contribution in [0.3, 0.4) is 0 Å². The van der Waals surface area contributed by atoms with Crippen molar-refractivity contribution in [1.82, 2.24) is 0 Å². The van der Waals surface area contributed by atoms with E-state index in [0.29, 0.717) is 19.3 Å². The maximum atomic E-state index is 12.9. The fourth-order valence-electron chi connectivity index (χ4n) is 8.29. The number of ether oxygens (including phenoxy) is 3. The number of phosphoric acid groups is 1. The Morgan fingerprint density at radius 2 is 0.722 bits per heavy atom. The van der Waals surface area contributed by atoms with Crippen molar-refractivity contribution in [2.75, 3.05) is 26.4 Å². The van der Waals surface area contributed by atoms with Gasteiger partial charge >= 0.3 is 25.7 Å². The number of carbonyl (C=O) groups excluding carboxylic acids is 3. The van der Waals surface area contributed by atoms with Crippen LogP contribution in [0.1, 0.15) is 278 Å². The van der Waals surface area contributed by atoms with Gasteiger partial charge in [0, 0.05) is 19.3 Å². The summed E-state index contributed by atoms with van der Waals surface area (Å²) in [5, 5.41) is 9.79. The van der Waals surface area contributed by atoms with Crippen molar-refractivity contribution in [3.8, 4) is 0 Å². The number of aliphatic hydroxyl groups excluding tert-OH is 1. The molecule has 0 bridgehead atoms. The second-order valence-corrected chi connectivity index (χ2v) is 21.2. The Hall–Kier alpha value is -2.56. The Balaban J connectivity index is 4.73. The number of esters is 3. The average Bonchev–Trinajstić information content (AvgIpc) is 3.37. The third kappa shape index (κ3) is 52.3. The Morgan fingerprint density at radius 1 is 0.403 bits per heavy atom. The van der Waals surface area contributed by atoms with E-state index in [1.165, 1.54) is 141 Å². The second-order valence-electron chi connectivity index (χ2n) is 19.8. The number of rotatable bonds is 55. The molecule has 0 spiro atoms. The summed E-state index contributed by atoms with van der Waals surface area (Å²) >= 11 is 0. The summed E-state index contributed by atoms with van der Waals surface area (Å²) in [5.74, 6) is -1.50. The highest BCUT2D eigenvalue weighted by molar-refractivity contribution is 7.47. The normalized spacial score (nSPS) is 13.7. The Morgan fingerprint density at radius 3 is 1.11 bits per heavy atom. The Bertz CT molecular complexity index is 1400. The summed E-state index contributed by atoms with van der Waals surface area (Å²) < 4.78 is 39.5. The minimum Gasteiger partial charge on any atom is -0.462 e. The van der Waals surface area contributed by atoms with Gasteiger partial charge < -0.3 is 24.2 Å². The highest BCUT2D eigenvalue weighted by atomic mass is 31.2. The molecule has 0 aliphatic carbocycles. The predicted molar refractivity (Wildman–Crippen MR) is 298 cm³/mol. The summed E-state index contributed by atoms with van der Waals surface area (Å²) in [5.41, 5.74) is 0. The molecule has 0 radical (unpaired) electrons. The number of hydrogen-bond donors (Lipinski definition) is 2. The van der Waals surface area contributed by atoms with E-state index in [1.807, 2.05) is 0 Å². The van der Waals surface area contributed by atoms with Gasteiger partial charge in [-0.3, -0.25) is 23.4 Å². The van der Waals surface area contributed by atoms with Crippen LogP contribution in [0, 0.1) is 0 Å². The van der Waals surface area contributed by atoms with Crippen LogP contribution in [-0.4, -0.2) is 66.5 Å². The zero-order valence-corrected chi connectivity index (χ0v) is 47.3. The first-order valence-corrected chi connectivity index (χ1v) is 31.0. The van der Waals surface area contributed by atoms with E-state index in [-0.39, 0.29) is 25.9 Å². The Labute approximate surface area is 441 Å². The molecule has 0 aliphatic heterocycles. The van der Waals surface area contributed by atoms with E-state index in [9.17, 15) is 28.9 Å². The van der Waals surface area contributed by atoms with Crippen LogP contribution in [0.25, 0.3) is 0 Å². The first kappa shape index (κ1) is 69.4. The number of unbranched alkanes of at least 4 members (excludes halogenated alkanes) is 30. The maximum Gasteiger partial charge on any atom is 0.472 e. The predicted octanol–water partition coefficient (Wildman–Crippen LogP) is 17.4. The third-order valence-corrected chi connectivity index (χ3v) is 13.7. The Kier molecular flexibility index (Phi) is 52.7. The monoisotopic (exact) mass is 1040 g/mol. The standard InChI is InChI=1S/C60H109O11P/c1-4-7-10-13-16-19-22-24-26-27-28-29-31-33-36-39-42-45-48-51-60(64)71-57(53-67-58(62)49-46-43-40-37-35-32-30-25-23-20-17-14-11-8-5-2)55-69-72(65,66)68-54-56(52-61)70-59(63)50-47-44-41-38-34-21-18-15-12-9-6-3/h8,11,17,20,25,30,35,37,56-57,61H,4-7,9-10,12-16,18-19,21-24,26-29,31-34,36,38-55H2,1-3H3,(H,65,66)/b11-8-,20-17-,30-25-,37-35-. The van der Waals surface area contributed by atoms with Crippen LogP contribution in [0.2, 0.25) is 0 Å². The molecule has 3 atom stereocenters. The summed E-state index contributed by atoms with van der Waals surface area (Å²) in [7, 11) is -4.75. The first-order chi connectivity index (χ1) is 35.2. The number of phosphoric ester groups is 1. The number of allylic oxidation sites excluding steroid dienone is 8. The molecule has 2 N–H and O–H groups in total. The van der Waals surface area contributed by atoms with Crippen molar-refractivity contribution < 1.29 is 52.2 Å². The molecule has 0 fully saturated rings. The van der Waals surface area contributed by atoms with Gasteiger partial charge in [-0.2, -0.15) is 0 Å². The van der Waals surface area contributed by atoms with Gasteiger partial charge in [-0.15, -0.1) is 0 Å². The molecule has 0 aromatic heterocycles. The molecule has 0 amide bonds. The molecule has 11 nitrogen and oxygen atoms in total. The van der Waals surface area contributed by atoms with Crippen LogP contribution in [0.5, 0.6) is 0 Å². The molecule has 420 valence electrons. The van der Waals surface area contributed by atoms with Crippen LogP contribution in [-0.2, 0) is 42.2 Å². The van der Waals surface area contributed by atoms with Crippen molar-refractivity contribution >= 4 is 25.7 Å². The van der Waals surface area contributed by atoms with Crippen LogP contribution < -0.4 is 0 Å². The van der Waals surface area contributed by atoms with Gasteiger partial charge in [0.15, 0.2) is 6.10 Å². The summed E-state index contributed by atoms with van der Waals surface area (Å²) in [6, 6.07) is 0. The van der Waals surface area contributed by atoms with E-state index in [0.717, 1.165) is 77.0 Å². The molecule has 0 saturated carbocycles. The molecule has 0 aromatic rings. The molecule has 12 heteroatoms. The molecule has 0 heterocycles. The summed E-state index contributed by atoms with van der Waals surface area (Å²) in [4.78, 5) is 48.5. The van der Waals surface area contributed by atoms with Crippen LogP contribution >= 0.6 is 7.82 Å². The van der Waals surface area contributed by atoms with Crippen LogP contribution in [0.4, 0.5) is 0 Å². The highest BCUT2D eigenvalue weighted by Crippen LogP contribution is 2.43. The molecule has 3 unspecified atom stereocenters. The molecule has 0 aliphatic rings. The van der Waals surface area contributed by atoms with E-state index in [4.69, 9.17) is 23.3 Å². The fraction of sp³-hybridized carbons (Fsp3) is 0.817. The van der Waals surface area contributed by atoms with Crippen molar-refractivity contribution in [3.05, 3.63) is 48.6 Å². The fourth-order valence-corrected chi connectivity index (χ4v) is 9.07. The second kappa shape index (κ2) is 54.7. The van der Waals surface area contributed by atoms with Gasteiger partial charge in [-0.1, -0.05) is 249 Å². The smallest absolute Gasteiger partial charge is 0.462 e. The molecular formula is C60H109O11P. The van der Waals surface area contributed by atoms with Gasteiger partial charge in [0.25, 0.3) is 0 Å². The van der Waals surface area contributed by atoms with Gasteiger partial charge in [-0.25, -0.2) is 4.57 Å². The topological polar surface area (TPSA) is 155 Å². The molecule has 0 saturated heterocycles. The largest absolute Gasteiger partial charge is 0.472 e. The number of aliphatic hydroxyl groups is 1. The average molecular weight is 1040 g/mol. The van der Waals surface area contributed by atoms with Gasteiger partial charge in [0.1, 0.15) is 12.7 Å². The zero-order valence-electron chi connectivity index (χ0n) is 46.4. The highest BCUT2D eigenvalue weighted by Gasteiger charge is 2.28. The first-order valence-electron chi connectivity index (χ1n) is 29.5. The van der Waals surface area contributed by atoms with Gasteiger partial charge in [0.2, 0.25) is 0 Å². The van der Waals surface area contributed by atoms with Gasteiger partial charge in [-0.05, 0) is 57.8 Å². The lowest BCUT2D eigenvalue weighted by atomic mass is 10.0. The minimum atomic E-state index is -4.75. The van der Waals surface area contributed by atoms with Gasteiger partial charge in [0.05, 0.1) is 19.8 Å². The maximum absolute atomic E-state index is 12.9. The zero-order chi connectivity index (χ0) is 52.7. The third-order valence-electron chi connectivity index (χ3n) is 12.8. The van der Waals surface area contributed by atoms with Crippen molar-refractivity contribution in [2.45, 2.75) is 290 Å². The van der Waals surface area contributed by atoms with E-state index < -0.39 is 57.8 Å². The summed E-state index contributed by atoms with van der Waals surface area (Å²) in [6.45, 7) is 4.52.